The molecule has 0 radical (unpaired) electrons. The molecule has 3 rings (SSSR count). The summed E-state index contributed by atoms with van der Waals surface area (Å²) in [7, 11) is 1.45. The van der Waals surface area contributed by atoms with Gasteiger partial charge < -0.3 is 14.2 Å². The minimum atomic E-state index is -0.575. The Labute approximate surface area is 162 Å². The van der Waals surface area contributed by atoms with Crippen LogP contribution in [0.2, 0.25) is 0 Å². The Morgan fingerprint density at radius 2 is 2.04 bits per heavy atom. The predicted octanol–water partition coefficient (Wildman–Crippen LogP) is 4.00. The van der Waals surface area contributed by atoms with Crippen molar-refractivity contribution in [2.45, 2.75) is 19.4 Å². The van der Waals surface area contributed by atoms with E-state index in [1.165, 1.54) is 13.2 Å². The van der Waals surface area contributed by atoms with Crippen LogP contribution in [0, 0.1) is 10.1 Å². The molecule has 0 aromatic heterocycles. The van der Waals surface area contributed by atoms with E-state index in [1.807, 2.05) is 13.0 Å². The minimum absolute atomic E-state index is 0.0567. The topological polar surface area (TPSA) is 87.9 Å². The molecule has 1 aliphatic heterocycles. The van der Waals surface area contributed by atoms with Gasteiger partial charge in [-0.05, 0) is 31.1 Å². The van der Waals surface area contributed by atoms with Crippen LogP contribution in [0.25, 0.3) is 6.08 Å². The Kier molecular flexibility index (Phi) is 6.18. The number of nitrogens with zero attached hydrogens (tertiary/aromatic N) is 1. The van der Waals surface area contributed by atoms with Crippen LogP contribution in [-0.4, -0.2) is 37.3 Å². The average Bonchev–Trinajstić information content (AvgIpc) is 3.11. The maximum absolute atomic E-state index is 13.1. The van der Waals surface area contributed by atoms with Crippen LogP contribution >= 0.6 is 0 Å². The molecular formula is C21H21NO6. The van der Waals surface area contributed by atoms with Crippen LogP contribution in [0.3, 0.4) is 0 Å². The van der Waals surface area contributed by atoms with E-state index in [-0.39, 0.29) is 29.9 Å². The standard InChI is InChI=1S/C21H21NO6/c1-14-16(10-11-27-14)12-17-8-9-18(22(24)25)19(21(17)28-13-26-2)20(23)15-6-4-3-5-7-15/h3-9,12,14H,10-11,13H2,1-2H3. The van der Waals surface area contributed by atoms with Crippen molar-refractivity contribution in [3.8, 4) is 5.75 Å². The summed E-state index contributed by atoms with van der Waals surface area (Å²) in [5, 5.41) is 11.6. The molecule has 0 amide bonds. The molecule has 28 heavy (non-hydrogen) atoms. The van der Waals surface area contributed by atoms with E-state index in [0.717, 1.165) is 12.0 Å². The number of carbonyl (C=O) groups excluding carboxylic acids is 1. The summed E-state index contributed by atoms with van der Waals surface area (Å²) in [6, 6.07) is 11.3. The van der Waals surface area contributed by atoms with Gasteiger partial charge in [0.15, 0.2) is 6.79 Å². The van der Waals surface area contributed by atoms with Gasteiger partial charge in [0.1, 0.15) is 11.3 Å². The normalized spacial score (nSPS) is 17.6. The van der Waals surface area contributed by atoms with Crippen LogP contribution in [0.15, 0.2) is 48.0 Å². The van der Waals surface area contributed by atoms with Gasteiger partial charge in [-0.3, -0.25) is 14.9 Å². The maximum Gasteiger partial charge on any atom is 0.284 e. The Bertz CT molecular complexity index is 907. The fourth-order valence-corrected chi connectivity index (χ4v) is 3.13. The second-order valence-electron chi connectivity index (χ2n) is 6.36. The summed E-state index contributed by atoms with van der Waals surface area (Å²) < 4.78 is 16.2. The van der Waals surface area contributed by atoms with Crippen molar-refractivity contribution in [1.82, 2.24) is 0 Å². The summed E-state index contributed by atoms with van der Waals surface area (Å²) in [5.74, 6) is -0.342. The number of ketones is 1. The molecule has 0 aliphatic carbocycles. The van der Waals surface area contributed by atoms with Gasteiger partial charge in [-0.1, -0.05) is 30.3 Å². The zero-order valence-corrected chi connectivity index (χ0v) is 15.7. The Morgan fingerprint density at radius 1 is 1.29 bits per heavy atom. The molecule has 146 valence electrons. The van der Waals surface area contributed by atoms with E-state index in [1.54, 1.807) is 36.4 Å². The Morgan fingerprint density at radius 3 is 2.64 bits per heavy atom. The molecule has 1 fully saturated rings. The first-order valence-electron chi connectivity index (χ1n) is 8.88. The van der Waals surface area contributed by atoms with E-state index in [2.05, 4.69) is 0 Å². The Balaban J connectivity index is 2.19. The number of ether oxygens (including phenoxy) is 3. The molecule has 1 atom stereocenters. The molecule has 1 unspecified atom stereocenters. The fraction of sp³-hybridized carbons (Fsp3) is 0.286. The third-order valence-corrected chi connectivity index (χ3v) is 4.57. The summed E-state index contributed by atoms with van der Waals surface area (Å²) in [4.78, 5) is 24.2. The number of nitro groups is 1. The lowest BCUT2D eigenvalue weighted by molar-refractivity contribution is -0.385. The van der Waals surface area contributed by atoms with E-state index < -0.39 is 10.7 Å². The van der Waals surface area contributed by atoms with Gasteiger partial charge in [-0.25, -0.2) is 0 Å². The molecule has 7 nitrogen and oxygen atoms in total. The summed E-state index contributed by atoms with van der Waals surface area (Å²) in [6.45, 7) is 2.42. The number of methoxy groups -OCH3 is 1. The SMILES string of the molecule is COCOc1c(C=C2CCOC2C)ccc([N+](=O)[O-])c1C(=O)c1ccccc1. The third-order valence-electron chi connectivity index (χ3n) is 4.57. The monoisotopic (exact) mass is 383 g/mol. The largest absolute Gasteiger partial charge is 0.466 e. The molecule has 1 heterocycles. The van der Waals surface area contributed by atoms with Gasteiger partial charge in [0, 0.05) is 24.3 Å². The van der Waals surface area contributed by atoms with Crippen molar-refractivity contribution >= 4 is 17.5 Å². The second kappa shape index (κ2) is 8.77. The van der Waals surface area contributed by atoms with Crippen molar-refractivity contribution in [3.63, 3.8) is 0 Å². The highest BCUT2D eigenvalue weighted by atomic mass is 16.7. The first kappa shape index (κ1) is 19.7. The zero-order chi connectivity index (χ0) is 20.1. The summed E-state index contributed by atoms with van der Waals surface area (Å²) in [5.41, 5.74) is 1.56. The number of nitro benzene ring substituents is 1. The molecule has 0 saturated carbocycles. The Hall–Kier alpha value is -3.03. The van der Waals surface area contributed by atoms with Crippen LogP contribution in [0.5, 0.6) is 5.75 Å². The highest BCUT2D eigenvalue weighted by molar-refractivity contribution is 6.14. The number of hydrogen-bond acceptors (Lipinski definition) is 6. The highest BCUT2D eigenvalue weighted by Gasteiger charge is 2.29. The van der Waals surface area contributed by atoms with Crippen LogP contribution in [-0.2, 0) is 9.47 Å². The zero-order valence-electron chi connectivity index (χ0n) is 15.7. The van der Waals surface area contributed by atoms with Gasteiger partial charge in [0.05, 0.1) is 17.6 Å². The van der Waals surface area contributed by atoms with Crippen molar-refractivity contribution < 1.29 is 23.9 Å². The fourth-order valence-electron chi connectivity index (χ4n) is 3.13. The highest BCUT2D eigenvalue weighted by Crippen LogP contribution is 2.36. The lowest BCUT2D eigenvalue weighted by atomic mass is 9.96. The van der Waals surface area contributed by atoms with E-state index in [0.29, 0.717) is 17.7 Å². The summed E-state index contributed by atoms with van der Waals surface area (Å²) in [6.07, 6.45) is 2.57. The molecule has 0 N–H and O–H groups in total. The quantitative estimate of drug-likeness (QED) is 0.311. The molecular weight excluding hydrogens is 362 g/mol. The second-order valence-corrected chi connectivity index (χ2v) is 6.36. The third kappa shape index (κ3) is 4.11. The molecule has 1 saturated heterocycles. The number of carbonyl (C=O) groups is 1. The molecule has 7 heteroatoms. The molecule has 2 aromatic carbocycles. The first-order chi connectivity index (χ1) is 13.5. The number of rotatable bonds is 7. The van der Waals surface area contributed by atoms with Crippen LogP contribution in [0.4, 0.5) is 5.69 Å². The van der Waals surface area contributed by atoms with E-state index in [4.69, 9.17) is 14.2 Å². The van der Waals surface area contributed by atoms with Gasteiger partial charge in [0.25, 0.3) is 5.69 Å². The molecule has 2 aromatic rings. The van der Waals surface area contributed by atoms with Crippen molar-refractivity contribution in [1.29, 1.82) is 0 Å². The number of hydrogen-bond donors (Lipinski definition) is 0. The van der Waals surface area contributed by atoms with Gasteiger partial charge in [0.2, 0.25) is 5.78 Å². The molecule has 0 bridgehead atoms. The van der Waals surface area contributed by atoms with E-state index >= 15 is 0 Å². The van der Waals surface area contributed by atoms with E-state index in [9.17, 15) is 14.9 Å². The van der Waals surface area contributed by atoms with Crippen molar-refractivity contribution in [2.24, 2.45) is 0 Å². The van der Waals surface area contributed by atoms with Gasteiger partial charge in [-0.2, -0.15) is 0 Å². The maximum atomic E-state index is 13.1. The van der Waals surface area contributed by atoms with Gasteiger partial charge in [-0.15, -0.1) is 0 Å². The van der Waals surface area contributed by atoms with Crippen molar-refractivity contribution in [3.05, 3.63) is 74.8 Å². The molecule has 1 aliphatic rings. The lowest BCUT2D eigenvalue weighted by Crippen LogP contribution is -2.12. The summed E-state index contributed by atoms with van der Waals surface area (Å²) >= 11 is 0. The van der Waals surface area contributed by atoms with Crippen LogP contribution < -0.4 is 4.74 Å². The van der Waals surface area contributed by atoms with Gasteiger partial charge >= 0.3 is 0 Å². The smallest absolute Gasteiger partial charge is 0.284 e. The van der Waals surface area contributed by atoms with Crippen molar-refractivity contribution in [2.75, 3.05) is 20.5 Å². The molecule has 0 spiro atoms. The minimum Gasteiger partial charge on any atom is -0.466 e. The predicted molar refractivity (Wildman–Crippen MR) is 103 cm³/mol. The van der Waals surface area contributed by atoms with Crippen LogP contribution in [0.1, 0.15) is 34.8 Å². The lowest BCUT2D eigenvalue weighted by Gasteiger charge is -2.15. The first-order valence-corrected chi connectivity index (χ1v) is 8.88. The number of benzene rings is 2. The average molecular weight is 383 g/mol.